The molecule has 37 heavy (non-hydrogen) atoms. The van der Waals surface area contributed by atoms with Gasteiger partial charge in [-0.3, -0.25) is 9.78 Å². The minimum absolute atomic E-state index is 0.425. The fourth-order valence-electron chi connectivity index (χ4n) is 5.19. The predicted octanol–water partition coefficient (Wildman–Crippen LogP) is 4.52. The van der Waals surface area contributed by atoms with Crippen LogP contribution in [0.25, 0.3) is 10.9 Å². The van der Waals surface area contributed by atoms with Crippen LogP contribution in [0, 0.1) is 0 Å². The molecule has 1 atom stereocenters. The number of rotatable bonds is 5. The average molecular weight is 522 g/mol. The number of aryl methyl sites for hydroxylation is 1. The van der Waals surface area contributed by atoms with Crippen molar-refractivity contribution in [3.05, 3.63) is 57.1 Å². The van der Waals surface area contributed by atoms with Crippen LogP contribution in [0.1, 0.15) is 68.6 Å². The Labute approximate surface area is 220 Å². The number of methoxy groups -OCH3 is 1. The van der Waals surface area contributed by atoms with Crippen molar-refractivity contribution in [3.63, 3.8) is 0 Å². The van der Waals surface area contributed by atoms with E-state index in [0.29, 0.717) is 28.1 Å². The minimum Gasteiger partial charge on any atom is -0.465 e. The van der Waals surface area contributed by atoms with Gasteiger partial charge < -0.3 is 19.7 Å². The van der Waals surface area contributed by atoms with Gasteiger partial charge in [-0.25, -0.2) is 9.59 Å². The SMILES string of the molecule is COC(=O)c1c(NC(=O)C(C)OC(=O)c2c3c(nc4ccccc24)CCN(C)C3)sc2c1CCCCC2. The number of carbonyl (C=O) groups is 3. The quantitative estimate of drug-likeness (QED) is 0.389. The second kappa shape index (κ2) is 10.6. The molecule has 0 radical (unpaired) electrons. The van der Waals surface area contributed by atoms with Crippen LogP contribution in [0.3, 0.4) is 0 Å². The molecule has 2 aliphatic rings. The van der Waals surface area contributed by atoms with Crippen molar-refractivity contribution >= 4 is 45.1 Å². The summed E-state index contributed by atoms with van der Waals surface area (Å²) >= 11 is 1.41. The molecular formula is C28H31N3O5S. The molecule has 0 saturated carbocycles. The van der Waals surface area contributed by atoms with Gasteiger partial charge in [0.1, 0.15) is 5.00 Å². The zero-order valence-electron chi connectivity index (χ0n) is 21.4. The molecule has 1 N–H and O–H groups in total. The predicted molar refractivity (Wildman–Crippen MR) is 142 cm³/mol. The van der Waals surface area contributed by atoms with Crippen molar-refractivity contribution in [3.8, 4) is 0 Å². The Balaban J connectivity index is 1.40. The Bertz CT molecular complexity index is 1380. The average Bonchev–Trinajstić information content (AvgIpc) is 3.06. The van der Waals surface area contributed by atoms with Gasteiger partial charge in [0.15, 0.2) is 6.10 Å². The summed E-state index contributed by atoms with van der Waals surface area (Å²) in [5, 5.41) is 4.02. The fourth-order valence-corrected chi connectivity index (χ4v) is 6.47. The van der Waals surface area contributed by atoms with Crippen molar-refractivity contribution in [1.29, 1.82) is 0 Å². The van der Waals surface area contributed by atoms with Crippen LogP contribution in [0.15, 0.2) is 24.3 Å². The first kappa shape index (κ1) is 25.4. The first-order chi connectivity index (χ1) is 17.9. The molecule has 1 amide bonds. The molecule has 194 valence electrons. The highest BCUT2D eigenvalue weighted by Gasteiger charge is 2.30. The molecule has 0 spiro atoms. The molecule has 9 heteroatoms. The van der Waals surface area contributed by atoms with Gasteiger partial charge in [-0.15, -0.1) is 11.3 Å². The molecule has 1 aliphatic heterocycles. The highest BCUT2D eigenvalue weighted by molar-refractivity contribution is 7.17. The van der Waals surface area contributed by atoms with Gasteiger partial charge in [0.2, 0.25) is 0 Å². The van der Waals surface area contributed by atoms with E-state index in [4.69, 9.17) is 14.5 Å². The van der Waals surface area contributed by atoms with E-state index < -0.39 is 23.9 Å². The Hall–Kier alpha value is -3.30. The Morgan fingerprint density at radius 3 is 2.62 bits per heavy atom. The molecular weight excluding hydrogens is 490 g/mol. The van der Waals surface area contributed by atoms with Gasteiger partial charge >= 0.3 is 11.9 Å². The fraction of sp³-hybridized carbons (Fsp3) is 0.429. The Morgan fingerprint density at radius 1 is 1.03 bits per heavy atom. The number of anilines is 1. The molecule has 5 rings (SSSR count). The van der Waals surface area contributed by atoms with E-state index >= 15 is 0 Å². The lowest BCUT2D eigenvalue weighted by atomic mass is 9.96. The Kier molecular flexibility index (Phi) is 7.26. The second-order valence-electron chi connectivity index (χ2n) is 9.71. The van der Waals surface area contributed by atoms with E-state index in [2.05, 4.69) is 10.2 Å². The van der Waals surface area contributed by atoms with Crippen molar-refractivity contribution < 1.29 is 23.9 Å². The number of pyridine rings is 1. The van der Waals surface area contributed by atoms with Gasteiger partial charge in [0.05, 0.1) is 23.8 Å². The van der Waals surface area contributed by atoms with E-state index in [1.54, 1.807) is 6.92 Å². The molecule has 3 heterocycles. The standard InChI is InChI=1S/C28H31N3O5S/c1-16(25(32)30-26-24(27(33)35-3)18-10-5-4-6-12-22(18)37-26)36-28(34)23-17-9-7-8-11-20(17)29-21-13-14-31(2)15-19(21)23/h7-9,11,16H,4-6,10,12-15H2,1-3H3,(H,30,32). The summed E-state index contributed by atoms with van der Waals surface area (Å²) in [7, 11) is 3.35. The summed E-state index contributed by atoms with van der Waals surface area (Å²) in [6.07, 6.45) is 4.49. The number of nitrogens with one attached hydrogen (secondary N) is 1. The normalized spacial score (nSPS) is 16.3. The van der Waals surface area contributed by atoms with Crippen LogP contribution >= 0.6 is 11.3 Å². The van der Waals surface area contributed by atoms with Gasteiger partial charge in [0, 0.05) is 41.0 Å². The van der Waals surface area contributed by atoms with Gasteiger partial charge in [-0.05, 0) is 51.3 Å². The summed E-state index contributed by atoms with van der Waals surface area (Å²) in [6, 6.07) is 7.50. The van der Waals surface area contributed by atoms with Crippen LogP contribution in [0.5, 0.6) is 0 Å². The van der Waals surface area contributed by atoms with E-state index in [-0.39, 0.29) is 0 Å². The number of aromatic nitrogens is 1. The Morgan fingerprint density at radius 2 is 1.81 bits per heavy atom. The number of likely N-dealkylation sites (N-methyl/N-ethyl adjacent to an activating group) is 1. The highest BCUT2D eigenvalue weighted by atomic mass is 32.1. The molecule has 0 bridgehead atoms. The van der Waals surface area contributed by atoms with Gasteiger partial charge in [0.25, 0.3) is 5.91 Å². The van der Waals surface area contributed by atoms with Crippen molar-refractivity contribution in [2.45, 2.75) is 58.1 Å². The largest absolute Gasteiger partial charge is 0.465 e. The van der Waals surface area contributed by atoms with E-state index in [9.17, 15) is 14.4 Å². The van der Waals surface area contributed by atoms with Crippen molar-refractivity contribution in [2.24, 2.45) is 0 Å². The molecule has 2 aromatic heterocycles. The molecule has 1 aliphatic carbocycles. The lowest BCUT2D eigenvalue weighted by molar-refractivity contribution is -0.123. The molecule has 3 aromatic rings. The van der Waals surface area contributed by atoms with Crippen molar-refractivity contribution in [1.82, 2.24) is 9.88 Å². The second-order valence-corrected chi connectivity index (χ2v) is 10.8. The first-order valence-electron chi connectivity index (χ1n) is 12.7. The maximum absolute atomic E-state index is 13.5. The summed E-state index contributed by atoms with van der Waals surface area (Å²) in [5.41, 5.74) is 4.33. The van der Waals surface area contributed by atoms with Crippen LogP contribution in [0.4, 0.5) is 5.00 Å². The molecule has 1 unspecified atom stereocenters. The first-order valence-corrected chi connectivity index (χ1v) is 13.5. The number of thiophene rings is 1. The van der Waals surface area contributed by atoms with E-state index in [1.165, 1.54) is 18.4 Å². The highest BCUT2D eigenvalue weighted by Crippen LogP contribution is 2.38. The van der Waals surface area contributed by atoms with E-state index in [1.807, 2.05) is 31.3 Å². The maximum atomic E-state index is 13.5. The summed E-state index contributed by atoms with van der Waals surface area (Å²) in [5.74, 6) is -1.50. The van der Waals surface area contributed by atoms with E-state index in [0.717, 1.165) is 72.3 Å². The summed E-state index contributed by atoms with van der Waals surface area (Å²) < 4.78 is 10.7. The number of para-hydroxylation sites is 1. The number of carbonyl (C=O) groups excluding carboxylic acids is 3. The molecule has 1 aromatic carbocycles. The number of benzene rings is 1. The third-order valence-electron chi connectivity index (χ3n) is 7.14. The van der Waals surface area contributed by atoms with Crippen molar-refractivity contribution in [2.75, 3.05) is 26.0 Å². The zero-order valence-corrected chi connectivity index (χ0v) is 22.2. The third-order valence-corrected chi connectivity index (χ3v) is 8.35. The van der Waals surface area contributed by atoms with Crippen LogP contribution < -0.4 is 5.32 Å². The lowest BCUT2D eigenvalue weighted by Crippen LogP contribution is -2.32. The number of hydrogen-bond donors (Lipinski definition) is 1. The van der Waals surface area contributed by atoms with Crippen LogP contribution in [0.2, 0.25) is 0 Å². The summed E-state index contributed by atoms with van der Waals surface area (Å²) in [6.45, 7) is 2.99. The number of amides is 1. The number of fused-ring (bicyclic) bond motifs is 3. The molecule has 8 nitrogen and oxygen atoms in total. The molecule has 0 saturated heterocycles. The smallest absolute Gasteiger partial charge is 0.341 e. The number of nitrogens with zero attached hydrogens (tertiary/aromatic N) is 2. The lowest BCUT2D eigenvalue weighted by Gasteiger charge is -2.27. The monoisotopic (exact) mass is 521 g/mol. The third kappa shape index (κ3) is 4.98. The topological polar surface area (TPSA) is 97.8 Å². The molecule has 0 fully saturated rings. The minimum atomic E-state index is -1.07. The number of hydrogen-bond acceptors (Lipinski definition) is 8. The number of esters is 2. The summed E-state index contributed by atoms with van der Waals surface area (Å²) in [4.78, 5) is 47.3. The zero-order chi connectivity index (χ0) is 26.1. The van der Waals surface area contributed by atoms with Gasteiger partial charge in [-0.1, -0.05) is 24.6 Å². The van der Waals surface area contributed by atoms with Crippen LogP contribution in [-0.2, 0) is 40.1 Å². The van der Waals surface area contributed by atoms with Gasteiger partial charge in [-0.2, -0.15) is 0 Å². The number of ether oxygens (including phenoxy) is 2. The van der Waals surface area contributed by atoms with Crippen LogP contribution in [-0.4, -0.2) is 54.5 Å². The maximum Gasteiger partial charge on any atom is 0.341 e.